The van der Waals surface area contributed by atoms with Crippen molar-refractivity contribution in [3.8, 4) is 11.1 Å². The third kappa shape index (κ3) is 3.42. The molecule has 19 heavy (non-hydrogen) atoms. The van der Waals surface area contributed by atoms with Crippen LogP contribution in [-0.2, 0) is 6.54 Å². The Kier molecular flexibility index (Phi) is 4.69. The van der Waals surface area contributed by atoms with Gasteiger partial charge in [0.2, 0.25) is 0 Å². The van der Waals surface area contributed by atoms with Crippen LogP contribution in [0.5, 0.6) is 0 Å². The van der Waals surface area contributed by atoms with Gasteiger partial charge in [0, 0.05) is 6.54 Å². The normalized spacial score (nSPS) is 10.7. The molecule has 0 aromatic heterocycles. The van der Waals surface area contributed by atoms with Gasteiger partial charge >= 0.3 is 0 Å². The van der Waals surface area contributed by atoms with Crippen LogP contribution in [0.25, 0.3) is 11.1 Å². The molecule has 0 saturated heterocycles. The molecule has 0 unspecified atom stereocenters. The first-order chi connectivity index (χ1) is 9.22. The van der Waals surface area contributed by atoms with Gasteiger partial charge in [0.05, 0.1) is 0 Å². The monoisotopic (exact) mass is 257 g/mol. The molecule has 0 fully saturated rings. The average molecular weight is 257 g/mol. The first kappa shape index (κ1) is 13.8. The summed E-state index contributed by atoms with van der Waals surface area (Å²) in [6, 6.07) is 13.2. The topological polar surface area (TPSA) is 12.0 Å². The van der Waals surface area contributed by atoms with Gasteiger partial charge in [-0.1, -0.05) is 37.3 Å². The van der Waals surface area contributed by atoms with Gasteiger partial charge in [0.15, 0.2) is 0 Å². The Morgan fingerprint density at radius 2 is 1.84 bits per heavy atom. The van der Waals surface area contributed by atoms with Crippen molar-refractivity contribution in [1.82, 2.24) is 5.32 Å². The maximum absolute atomic E-state index is 13.5. The van der Waals surface area contributed by atoms with Gasteiger partial charge in [0.25, 0.3) is 0 Å². The van der Waals surface area contributed by atoms with E-state index in [0.717, 1.165) is 36.2 Å². The van der Waals surface area contributed by atoms with Gasteiger partial charge in [-0.2, -0.15) is 0 Å². The lowest BCUT2D eigenvalue weighted by molar-refractivity contribution is 0.628. The lowest BCUT2D eigenvalue weighted by Crippen LogP contribution is -2.14. The van der Waals surface area contributed by atoms with Gasteiger partial charge in [-0.3, -0.25) is 0 Å². The molecule has 0 bridgehead atoms. The summed E-state index contributed by atoms with van der Waals surface area (Å²) in [5, 5.41) is 3.40. The lowest BCUT2D eigenvalue weighted by Gasteiger charge is -2.12. The third-order valence-corrected chi connectivity index (χ3v) is 3.25. The maximum atomic E-state index is 13.5. The Balaban J connectivity index is 2.35. The van der Waals surface area contributed by atoms with Crippen LogP contribution >= 0.6 is 0 Å². The quantitative estimate of drug-likeness (QED) is 0.787. The highest BCUT2D eigenvalue weighted by molar-refractivity contribution is 5.70. The van der Waals surface area contributed by atoms with E-state index in [1.54, 1.807) is 6.07 Å². The number of hydrogen-bond donors (Lipinski definition) is 1. The van der Waals surface area contributed by atoms with Gasteiger partial charge in [-0.05, 0) is 54.3 Å². The third-order valence-electron chi connectivity index (χ3n) is 3.25. The number of halogens is 1. The molecule has 2 heteroatoms. The summed E-state index contributed by atoms with van der Waals surface area (Å²) in [6.45, 7) is 5.98. The standard InChI is InChI=1S/C17H20FN/c1-3-10-19-12-14-6-4-5-7-16(14)17-11-15(18)9-8-13(17)2/h4-9,11,19H,3,10,12H2,1-2H3. The summed E-state index contributed by atoms with van der Waals surface area (Å²) >= 11 is 0. The van der Waals surface area contributed by atoms with E-state index in [2.05, 4.69) is 24.4 Å². The SMILES string of the molecule is CCCNCc1ccccc1-c1cc(F)ccc1C. The van der Waals surface area contributed by atoms with Gasteiger partial charge in [-0.15, -0.1) is 0 Å². The van der Waals surface area contributed by atoms with Crippen molar-refractivity contribution in [3.63, 3.8) is 0 Å². The highest BCUT2D eigenvalue weighted by Crippen LogP contribution is 2.27. The molecule has 0 radical (unpaired) electrons. The van der Waals surface area contributed by atoms with Crippen LogP contribution in [0.15, 0.2) is 42.5 Å². The molecule has 0 atom stereocenters. The highest BCUT2D eigenvalue weighted by atomic mass is 19.1. The zero-order valence-corrected chi connectivity index (χ0v) is 11.5. The van der Waals surface area contributed by atoms with Gasteiger partial charge < -0.3 is 5.32 Å². The highest BCUT2D eigenvalue weighted by Gasteiger charge is 2.08. The summed E-state index contributed by atoms with van der Waals surface area (Å²) in [6.07, 6.45) is 1.11. The Morgan fingerprint density at radius 1 is 1.05 bits per heavy atom. The van der Waals surface area contributed by atoms with Crippen molar-refractivity contribution in [2.45, 2.75) is 26.8 Å². The second kappa shape index (κ2) is 6.48. The molecule has 100 valence electrons. The molecule has 0 aliphatic heterocycles. The molecule has 2 aromatic rings. The molecule has 0 aliphatic carbocycles. The van der Waals surface area contributed by atoms with Crippen molar-refractivity contribution in [2.75, 3.05) is 6.54 Å². The summed E-state index contributed by atoms with van der Waals surface area (Å²) in [7, 11) is 0. The molecule has 0 amide bonds. The van der Waals surface area contributed by atoms with Crippen LogP contribution in [0, 0.1) is 12.7 Å². The van der Waals surface area contributed by atoms with Gasteiger partial charge in [0.1, 0.15) is 5.82 Å². The molecule has 1 nitrogen and oxygen atoms in total. The van der Waals surface area contributed by atoms with Crippen LogP contribution in [0.1, 0.15) is 24.5 Å². The van der Waals surface area contributed by atoms with E-state index in [0.29, 0.717) is 0 Å². The van der Waals surface area contributed by atoms with E-state index >= 15 is 0 Å². The minimum atomic E-state index is -0.183. The summed E-state index contributed by atoms with van der Waals surface area (Å²) < 4.78 is 13.5. The van der Waals surface area contributed by atoms with E-state index < -0.39 is 0 Å². The summed E-state index contributed by atoms with van der Waals surface area (Å²) in [4.78, 5) is 0. The fourth-order valence-corrected chi connectivity index (χ4v) is 2.22. The zero-order chi connectivity index (χ0) is 13.7. The number of rotatable bonds is 5. The van der Waals surface area contributed by atoms with Crippen molar-refractivity contribution in [1.29, 1.82) is 0 Å². The number of aryl methyl sites for hydroxylation is 1. The molecule has 0 heterocycles. The molecule has 2 rings (SSSR count). The number of benzene rings is 2. The van der Waals surface area contributed by atoms with Crippen LogP contribution < -0.4 is 5.32 Å². The van der Waals surface area contributed by atoms with E-state index in [1.165, 1.54) is 11.6 Å². The Bertz CT molecular complexity index is 549. The first-order valence-corrected chi connectivity index (χ1v) is 6.77. The molecular weight excluding hydrogens is 237 g/mol. The average Bonchev–Trinajstić information content (AvgIpc) is 2.42. The molecule has 2 aromatic carbocycles. The van der Waals surface area contributed by atoms with E-state index in [1.807, 2.05) is 25.1 Å². The Morgan fingerprint density at radius 3 is 2.63 bits per heavy atom. The summed E-state index contributed by atoms with van der Waals surface area (Å²) in [5.41, 5.74) is 4.41. The molecule has 0 spiro atoms. The van der Waals surface area contributed by atoms with Crippen molar-refractivity contribution < 1.29 is 4.39 Å². The second-order valence-corrected chi connectivity index (χ2v) is 4.79. The minimum absolute atomic E-state index is 0.183. The predicted octanol–water partition coefficient (Wildman–Crippen LogP) is 4.30. The van der Waals surface area contributed by atoms with Crippen molar-refractivity contribution in [3.05, 3.63) is 59.4 Å². The molecule has 1 N–H and O–H groups in total. The first-order valence-electron chi connectivity index (χ1n) is 6.77. The van der Waals surface area contributed by atoms with E-state index in [4.69, 9.17) is 0 Å². The predicted molar refractivity (Wildman–Crippen MR) is 78.6 cm³/mol. The number of hydrogen-bond acceptors (Lipinski definition) is 1. The summed E-state index contributed by atoms with van der Waals surface area (Å²) in [5.74, 6) is -0.183. The second-order valence-electron chi connectivity index (χ2n) is 4.79. The van der Waals surface area contributed by atoms with Crippen LogP contribution in [0.2, 0.25) is 0 Å². The number of nitrogens with one attached hydrogen (secondary N) is 1. The largest absolute Gasteiger partial charge is 0.313 e. The molecule has 0 aliphatic rings. The van der Waals surface area contributed by atoms with Crippen LogP contribution in [0.4, 0.5) is 4.39 Å². The van der Waals surface area contributed by atoms with Crippen LogP contribution in [0.3, 0.4) is 0 Å². The fourth-order valence-electron chi connectivity index (χ4n) is 2.22. The van der Waals surface area contributed by atoms with E-state index in [9.17, 15) is 4.39 Å². The zero-order valence-electron chi connectivity index (χ0n) is 11.5. The lowest BCUT2D eigenvalue weighted by atomic mass is 9.96. The van der Waals surface area contributed by atoms with E-state index in [-0.39, 0.29) is 5.82 Å². The minimum Gasteiger partial charge on any atom is -0.313 e. The van der Waals surface area contributed by atoms with Crippen molar-refractivity contribution >= 4 is 0 Å². The molecule has 0 saturated carbocycles. The Hall–Kier alpha value is -1.67. The smallest absolute Gasteiger partial charge is 0.123 e. The Labute approximate surface area is 114 Å². The van der Waals surface area contributed by atoms with Gasteiger partial charge in [-0.25, -0.2) is 4.39 Å². The van der Waals surface area contributed by atoms with Crippen molar-refractivity contribution in [2.24, 2.45) is 0 Å². The molecular formula is C17H20FN. The van der Waals surface area contributed by atoms with Crippen LogP contribution in [-0.4, -0.2) is 6.54 Å². The maximum Gasteiger partial charge on any atom is 0.123 e. The fraction of sp³-hybridized carbons (Fsp3) is 0.294.